The number of aromatic nitrogens is 4. The summed E-state index contributed by atoms with van der Waals surface area (Å²) in [5, 5.41) is 4.47. The zero-order chi connectivity index (χ0) is 16.1. The van der Waals surface area contributed by atoms with Crippen molar-refractivity contribution in [3.63, 3.8) is 0 Å². The third-order valence-corrected chi connectivity index (χ3v) is 4.64. The topological polar surface area (TPSA) is 63.6 Å². The number of anilines is 1. The van der Waals surface area contributed by atoms with Crippen molar-refractivity contribution in [1.29, 1.82) is 0 Å². The Kier molecular flexibility index (Phi) is 4.92. The number of rotatable bonds is 6. The standard InChI is InChI=1S/C17H19N5S/c1-12-13(2)23-16(21-12)7-5-10-19-17-20-11-8-15(22-17)14-6-3-4-9-18-14/h3-4,6,8-9,11H,5,7,10H2,1-2H3,(H,19,20,22). The summed E-state index contributed by atoms with van der Waals surface area (Å²) in [6.07, 6.45) is 5.51. The van der Waals surface area contributed by atoms with E-state index in [2.05, 4.69) is 39.1 Å². The number of hydrogen-bond donors (Lipinski definition) is 1. The van der Waals surface area contributed by atoms with Crippen molar-refractivity contribution < 1.29 is 0 Å². The van der Waals surface area contributed by atoms with E-state index in [0.717, 1.165) is 36.5 Å². The Hall–Kier alpha value is -2.34. The number of aryl methyl sites for hydroxylation is 3. The van der Waals surface area contributed by atoms with Crippen molar-refractivity contribution in [2.75, 3.05) is 11.9 Å². The highest BCUT2D eigenvalue weighted by molar-refractivity contribution is 7.11. The molecule has 3 aromatic rings. The maximum Gasteiger partial charge on any atom is 0.223 e. The van der Waals surface area contributed by atoms with Gasteiger partial charge in [0.1, 0.15) is 0 Å². The largest absolute Gasteiger partial charge is 0.354 e. The van der Waals surface area contributed by atoms with E-state index in [1.165, 1.54) is 9.88 Å². The second-order valence-electron chi connectivity index (χ2n) is 5.26. The molecule has 3 heterocycles. The van der Waals surface area contributed by atoms with Crippen LogP contribution in [0.1, 0.15) is 22.0 Å². The summed E-state index contributed by atoms with van der Waals surface area (Å²) in [6.45, 7) is 5.00. The molecule has 3 rings (SSSR count). The summed E-state index contributed by atoms with van der Waals surface area (Å²) in [4.78, 5) is 18.9. The smallest absolute Gasteiger partial charge is 0.223 e. The van der Waals surface area contributed by atoms with E-state index in [1.54, 1.807) is 23.7 Å². The molecular formula is C17H19N5S. The van der Waals surface area contributed by atoms with Crippen LogP contribution in [0.3, 0.4) is 0 Å². The minimum atomic E-state index is 0.639. The molecule has 0 saturated carbocycles. The van der Waals surface area contributed by atoms with E-state index in [4.69, 9.17) is 0 Å². The molecule has 3 aromatic heterocycles. The van der Waals surface area contributed by atoms with Crippen molar-refractivity contribution in [2.45, 2.75) is 26.7 Å². The van der Waals surface area contributed by atoms with Gasteiger partial charge in [-0.2, -0.15) is 0 Å². The lowest BCUT2D eigenvalue weighted by atomic mass is 10.2. The summed E-state index contributed by atoms with van der Waals surface area (Å²) in [5.74, 6) is 0.639. The molecule has 0 aliphatic rings. The van der Waals surface area contributed by atoms with E-state index in [-0.39, 0.29) is 0 Å². The molecule has 0 saturated heterocycles. The van der Waals surface area contributed by atoms with Gasteiger partial charge < -0.3 is 5.32 Å². The molecule has 1 N–H and O–H groups in total. The van der Waals surface area contributed by atoms with Gasteiger partial charge in [-0.1, -0.05) is 6.07 Å². The zero-order valence-electron chi connectivity index (χ0n) is 13.3. The maximum absolute atomic E-state index is 4.56. The van der Waals surface area contributed by atoms with E-state index in [0.29, 0.717) is 5.95 Å². The molecule has 6 heteroatoms. The van der Waals surface area contributed by atoms with Crippen molar-refractivity contribution in [1.82, 2.24) is 19.9 Å². The molecule has 0 radical (unpaired) electrons. The average Bonchev–Trinajstić information content (AvgIpc) is 2.91. The van der Waals surface area contributed by atoms with Gasteiger partial charge in [0.25, 0.3) is 0 Å². The first-order chi connectivity index (χ1) is 11.2. The van der Waals surface area contributed by atoms with Crippen molar-refractivity contribution >= 4 is 17.3 Å². The lowest BCUT2D eigenvalue weighted by molar-refractivity contribution is 0.842. The lowest BCUT2D eigenvalue weighted by Gasteiger charge is -2.05. The number of nitrogens with zero attached hydrogens (tertiary/aromatic N) is 4. The van der Waals surface area contributed by atoms with Gasteiger partial charge in [0, 0.05) is 30.2 Å². The van der Waals surface area contributed by atoms with Crippen LogP contribution in [0.5, 0.6) is 0 Å². The fourth-order valence-corrected chi connectivity index (χ4v) is 3.16. The first kappa shape index (κ1) is 15.6. The van der Waals surface area contributed by atoms with Crippen molar-refractivity contribution in [2.24, 2.45) is 0 Å². The Labute approximate surface area is 139 Å². The molecule has 23 heavy (non-hydrogen) atoms. The molecule has 0 amide bonds. The normalized spacial score (nSPS) is 10.7. The SMILES string of the molecule is Cc1nc(CCCNc2nccc(-c3ccccn3)n2)sc1C. The molecular weight excluding hydrogens is 306 g/mol. The van der Waals surface area contributed by atoms with Gasteiger partial charge in [-0.15, -0.1) is 11.3 Å². The highest BCUT2D eigenvalue weighted by Gasteiger charge is 2.05. The van der Waals surface area contributed by atoms with Gasteiger partial charge in [-0.05, 0) is 38.5 Å². The van der Waals surface area contributed by atoms with Gasteiger partial charge >= 0.3 is 0 Å². The highest BCUT2D eigenvalue weighted by Crippen LogP contribution is 2.18. The fourth-order valence-electron chi connectivity index (χ4n) is 2.19. The Balaban J connectivity index is 1.54. The monoisotopic (exact) mass is 325 g/mol. The second kappa shape index (κ2) is 7.28. The van der Waals surface area contributed by atoms with E-state index in [1.807, 2.05) is 24.3 Å². The van der Waals surface area contributed by atoms with Gasteiger partial charge in [0.15, 0.2) is 0 Å². The van der Waals surface area contributed by atoms with E-state index < -0.39 is 0 Å². The Bertz CT molecular complexity index is 750. The van der Waals surface area contributed by atoms with Gasteiger partial charge in [-0.3, -0.25) is 4.98 Å². The van der Waals surface area contributed by atoms with Gasteiger partial charge in [0.05, 0.1) is 22.1 Å². The van der Waals surface area contributed by atoms with Crippen LogP contribution in [0, 0.1) is 13.8 Å². The van der Waals surface area contributed by atoms with Crippen molar-refractivity contribution in [3.05, 3.63) is 52.2 Å². The molecule has 0 aliphatic carbocycles. The Morgan fingerprint density at radius 3 is 2.65 bits per heavy atom. The minimum Gasteiger partial charge on any atom is -0.354 e. The van der Waals surface area contributed by atoms with Crippen LogP contribution in [0.2, 0.25) is 0 Å². The molecule has 0 spiro atoms. The average molecular weight is 325 g/mol. The first-order valence-electron chi connectivity index (χ1n) is 7.63. The van der Waals surface area contributed by atoms with Crippen LogP contribution in [-0.4, -0.2) is 26.5 Å². The fraction of sp³-hybridized carbons (Fsp3) is 0.294. The molecule has 0 aromatic carbocycles. The number of pyridine rings is 1. The molecule has 0 fully saturated rings. The number of thiazole rings is 1. The van der Waals surface area contributed by atoms with Gasteiger partial charge in [-0.25, -0.2) is 15.0 Å². The third kappa shape index (κ3) is 4.10. The quantitative estimate of drug-likeness (QED) is 0.701. The number of hydrogen-bond acceptors (Lipinski definition) is 6. The van der Waals surface area contributed by atoms with Crippen LogP contribution in [0.25, 0.3) is 11.4 Å². The van der Waals surface area contributed by atoms with Crippen LogP contribution < -0.4 is 5.32 Å². The van der Waals surface area contributed by atoms with Gasteiger partial charge in [0.2, 0.25) is 5.95 Å². The van der Waals surface area contributed by atoms with E-state index in [9.17, 15) is 0 Å². The van der Waals surface area contributed by atoms with Crippen LogP contribution in [-0.2, 0) is 6.42 Å². The second-order valence-corrected chi connectivity index (χ2v) is 6.55. The minimum absolute atomic E-state index is 0.639. The molecule has 0 bridgehead atoms. The predicted octanol–water partition coefficient (Wildman–Crippen LogP) is 3.66. The molecule has 0 atom stereocenters. The Morgan fingerprint density at radius 2 is 1.91 bits per heavy atom. The van der Waals surface area contributed by atoms with Crippen molar-refractivity contribution in [3.8, 4) is 11.4 Å². The summed E-state index contributed by atoms with van der Waals surface area (Å²) < 4.78 is 0. The summed E-state index contributed by atoms with van der Waals surface area (Å²) in [6, 6.07) is 7.66. The number of nitrogens with one attached hydrogen (secondary N) is 1. The summed E-state index contributed by atoms with van der Waals surface area (Å²) >= 11 is 1.78. The first-order valence-corrected chi connectivity index (χ1v) is 8.45. The molecule has 5 nitrogen and oxygen atoms in total. The summed E-state index contributed by atoms with van der Waals surface area (Å²) in [5.41, 5.74) is 2.82. The highest BCUT2D eigenvalue weighted by atomic mass is 32.1. The van der Waals surface area contributed by atoms with Crippen LogP contribution in [0.4, 0.5) is 5.95 Å². The lowest BCUT2D eigenvalue weighted by Crippen LogP contribution is -2.06. The Morgan fingerprint density at radius 1 is 1.00 bits per heavy atom. The molecule has 118 valence electrons. The third-order valence-electron chi connectivity index (χ3n) is 3.51. The predicted molar refractivity (Wildman–Crippen MR) is 93.7 cm³/mol. The zero-order valence-corrected chi connectivity index (χ0v) is 14.1. The van der Waals surface area contributed by atoms with E-state index >= 15 is 0 Å². The van der Waals surface area contributed by atoms with Crippen LogP contribution in [0.15, 0.2) is 36.7 Å². The summed E-state index contributed by atoms with van der Waals surface area (Å²) in [7, 11) is 0. The molecule has 0 aliphatic heterocycles. The maximum atomic E-state index is 4.56. The van der Waals surface area contributed by atoms with Crippen LogP contribution >= 0.6 is 11.3 Å². The molecule has 0 unspecified atom stereocenters.